The second kappa shape index (κ2) is 5.25. The minimum absolute atomic E-state index is 0.115. The zero-order valence-electron chi connectivity index (χ0n) is 13.0. The van der Waals surface area contributed by atoms with Crippen molar-refractivity contribution < 1.29 is 4.52 Å². The molecule has 22 heavy (non-hydrogen) atoms. The fourth-order valence-electron chi connectivity index (χ4n) is 2.14. The molecule has 0 spiro atoms. The number of benzene rings is 1. The van der Waals surface area contributed by atoms with Crippen molar-refractivity contribution in [1.29, 1.82) is 0 Å². The molecule has 6 heteroatoms. The lowest BCUT2D eigenvalue weighted by atomic mass is 9.87. The molecule has 0 N–H and O–H groups in total. The van der Waals surface area contributed by atoms with Gasteiger partial charge in [0.1, 0.15) is 5.15 Å². The Labute approximate surface area is 133 Å². The van der Waals surface area contributed by atoms with E-state index in [1.807, 2.05) is 12.1 Å². The molecule has 0 radical (unpaired) electrons. The van der Waals surface area contributed by atoms with Crippen LogP contribution >= 0.6 is 11.6 Å². The molecule has 0 aliphatic rings. The van der Waals surface area contributed by atoms with E-state index in [2.05, 4.69) is 48.1 Å². The summed E-state index contributed by atoms with van der Waals surface area (Å²) in [7, 11) is 1.76. The predicted molar refractivity (Wildman–Crippen MR) is 85.6 cm³/mol. The second-order valence-electron chi connectivity index (χ2n) is 6.22. The van der Waals surface area contributed by atoms with Gasteiger partial charge in [-0.05, 0) is 11.0 Å². The highest BCUT2D eigenvalue weighted by atomic mass is 35.5. The summed E-state index contributed by atoms with van der Waals surface area (Å²) >= 11 is 6.14. The number of rotatable bonds is 2. The number of nitrogens with zero attached hydrogens (tertiary/aromatic N) is 4. The second-order valence-corrected chi connectivity index (χ2v) is 6.58. The van der Waals surface area contributed by atoms with Crippen molar-refractivity contribution in [1.82, 2.24) is 19.9 Å². The quantitative estimate of drug-likeness (QED) is 0.714. The summed E-state index contributed by atoms with van der Waals surface area (Å²) in [6.45, 7) is 6.54. The minimum Gasteiger partial charge on any atom is -0.333 e. The van der Waals surface area contributed by atoms with E-state index in [0.29, 0.717) is 22.4 Å². The van der Waals surface area contributed by atoms with Crippen molar-refractivity contribution in [3.05, 3.63) is 41.2 Å². The number of halogens is 1. The first-order valence-corrected chi connectivity index (χ1v) is 7.36. The maximum absolute atomic E-state index is 6.14. The Bertz CT molecular complexity index is 796. The largest absolute Gasteiger partial charge is 0.333 e. The van der Waals surface area contributed by atoms with Crippen LogP contribution in [-0.4, -0.2) is 19.9 Å². The molecule has 0 unspecified atom stereocenters. The van der Waals surface area contributed by atoms with Gasteiger partial charge in [-0.25, -0.2) is 0 Å². The summed E-state index contributed by atoms with van der Waals surface area (Å²) < 4.78 is 6.85. The zero-order valence-corrected chi connectivity index (χ0v) is 13.7. The molecule has 114 valence electrons. The Morgan fingerprint density at radius 2 is 1.82 bits per heavy atom. The lowest BCUT2D eigenvalue weighted by molar-refractivity contribution is 0.432. The molecule has 0 saturated heterocycles. The Balaban J connectivity index is 1.92. The van der Waals surface area contributed by atoms with E-state index >= 15 is 0 Å². The Morgan fingerprint density at radius 3 is 2.36 bits per heavy atom. The third kappa shape index (κ3) is 2.64. The Hall–Kier alpha value is -2.14. The van der Waals surface area contributed by atoms with Crippen LogP contribution in [0, 0.1) is 0 Å². The highest BCUT2D eigenvalue weighted by Gasteiger charge is 2.17. The van der Waals surface area contributed by atoms with Crippen molar-refractivity contribution in [2.45, 2.75) is 26.2 Å². The molecule has 0 aliphatic heterocycles. The van der Waals surface area contributed by atoms with Crippen LogP contribution in [0.2, 0.25) is 5.15 Å². The van der Waals surface area contributed by atoms with Gasteiger partial charge < -0.3 is 4.52 Å². The van der Waals surface area contributed by atoms with E-state index in [1.165, 1.54) is 5.56 Å². The van der Waals surface area contributed by atoms with Crippen LogP contribution in [0.5, 0.6) is 0 Å². The van der Waals surface area contributed by atoms with Gasteiger partial charge in [0.15, 0.2) is 0 Å². The molecule has 0 amide bonds. The maximum Gasteiger partial charge on any atom is 0.263 e. The summed E-state index contributed by atoms with van der Waals surface area (Å²) in [5, 5.41) is 8.56. The molecule has 3 aromatic rings. The van der Waals surface area contributed by atoms with Crippen LogP contribution in [-0.2, 0) is 12.5 Å². The molecule has 0 bridgehead atoms. The van der Waals surface area contributed by atoms with Crippen LogP contribution in [0.4, 0.5) is 0 Å². The van der Waals surface area contributed by atoms with Gasteiger partial charge >= 0.3 is 0 Å². The third-order valence-corrected chi connectivity index (χ3v) is 3.98. The van der Waals surface area contributed by atoms with Gasteiger partial charge in [0.2, 0.25) is 5.82 Å². The molecular weight excluding hydrogens is 300 g/mol. The smallest absolute Gasteiger partial charge is 0.263 e. The summed E-state index contributed by atoms with van der Waals surface area (Å²) in [5.74, 6) is 0.906. The van der Waals surface area contributed by atoms with Gasteiger partial charge in [-0.1, -0.05) is 61.8 Å². The first-order chi connectivity index (χ1) is 10.4. The molecule has 0 aliphatic carbocycles. The Morgan fingerprint density at radius 1 is 1.14 bits per heavy atom. The number of aryl methyl sites for hydroxylation is 1. The van der Waals surface area contributed by atoms with Crippen LogP contribution in [0.25, 0.3) is 22.8 Å². The van der Waals surface area contributed by atoms with Crippen molar-refractivity contribution in [3.8, 4) is 22.8 Å². The van der Waals surface area contributed by atoms with Crippen molar-refractivity contribution in [2.75, 3.05) is 0 Å². The number of hydrogen-bond acceptors (Lipinski definition) is 4. The van der Waals surface area contributed by atoms with Gasteiger partial charge in [-0.15, -0.1) is 0 Å². The van der Waals surface area contributed by atoms with Crippen molar-refractivity contribution in [2.24, 2.45) is 7.05 Å². The molecule has 1 aromatic carbocycles. The highest BCUT2D eigenvalue weighted by Crippen LogP contribution is 2.29. The Kier molecular flexibility index (Phi) is 3.53. The highest BCUT2D eigenvalue weighted by molar-refractivity contribution is 6.32. The normalized spacial score (nSPS) is 11.9. The number of hydrogen-bond donors (Lipinski definition) is 0. The van der Waals surface area contributed by atoms with E-state index < -0.39 is 0 Å². The van der Waals surface area contributed by atoms with Gasteiger partial charge in [-0.3, -0.25) is 4.68 Å². The minimum atomic E-state index is 0.115. The fourth-order valence-corrected chi connectivity index (χ4v) is 2.31. The van der Waals surface area contributed by atoms with Gasteiger partial charge in [0.05, 0.1) is 11.8 Å². The van der Waals surface area contributed by atoms with E-state index in [1.54, 1.807) is 17.9 Å². The van der Waals surface area contributed by atoms with E-state index in [9.17, 15) is 0 Å². The first kappa shape index (κ1) is 14.8. The summed E-state index contributed by atoms with van der Waals surface area (Å²) in [5.41, 5.74) is 2.91. The monoisotopic (exact) mass is 316 g/mol. The third-order valence-electron chi connectivity index (χ3n) is 3.53. The van der Waals surface area contributed by atoms with Crippen molar-refractivity contribution >= 4 is 11.6 Å². The first-order valence-electron chi connectivity index (χ1n) is 6.99. The molecule has 0 fully saturated rings. The molecule has 3 rings (SSSR count). The summed E-state index contributed by atoms with van der Waals surface area (Å²) in [6, 6.07) is 8.17. The topological polar surface area (TPSA) is 56.7 Å². The molecule has 5 nitrogen and oxygen atoms in total. The van der Waals surface area contributed by atoms with E-state index in [-0.39, 0.29) is 5.41 Å². The van der Waals surface area contributed by atoms with Crippen molar-refractivity contribution in [3.63, 3.8) is 0 Å². The lowest BCUT2D eigenvalue weighted by Crippen LogP contribution is -2.10. The van der Waals surface area contributed by atoms with Crippen LogP contribution < -0.4 is 0 Å². The van der Waals surface area contributed by atoms with Gasteiger partial charge in [0, 0.05) is 12.6 Å². The summed E-state index contributed by atoms with van der Waals surface area (Å²) in [4.78, 5) is 4.40. The fraction of sp³-hybridized carbons (Fsp3) is 0.312. The summed E-state index contributed by atoms with van der Waals surface area (Å²) in [6.07, 6.45) is 1.61. The van der Waals surface area contributed by atoms with E-state index in [4.69, 9.17) is 16.1 Å². The van der Waals surface area contributed by atoms with E-state index in [0.717, 1.165) is 5.56 Å². The molecule has 2 heterocycles. The molecular formula is C16H17ClN4O. The van der Waals surface area contributed by atoms with Crippen LogP contribution in [0.1, 0.15) is 26.3 Å². The maximum atomic E-state index is 6.14. The van der Waals surface area contributed by atoms with Crippen LogP contribution in [0.3, 0.4) is 0 Å². The number of aromatic nitrogens is 4. The predicted octanol–water partition coefficient (Wildman–Crippen LogP) is 4.09. The average Bonchev–Trinajstić information content (AvgIpc) is 3.07. The molecule has 0 atom stereocenters. The van der Waals surface area contributed by atoms with Gasteiger partial charge in [-0.2, -0.15) is 10.1 Å². The zero-order chi connectivity index (χ0) is 15.9. The SMILES string of the molecule is Cn1ncc(-c2nc(-c3ccc(C(C)(C)C)cc3)no2)c1Cl. The average molecular weight is 317 g/mol. The molecule has 2 aromatic heterocycles. The van der Waals surface area contributed by atoms with Crippen LogP contribution in [0.15, 0.2) is 35.0 Å². The molecule has 0 saturated carbocycles. The van der Waals surface area contributed by atoms with Gasteiger partial charge in [0.25, 0.3) is 5.89 Å². The standard InChI is InChI=1S/C16H17ClN4O/c1-16(2,3)11-7-5-10(6-8-11)14-19-15(22-20-14)12-9-18-21(4)13(12)17/h5-9H,1-4H3. The lowest BCUT2D eigenvalue weighted by Gasteiger charge is -2.18.